The molecule has 0 aromatic rings. The van der Waals surface area contributed by atoms with Crippen LogP contribution in [0.3, 0.4) is 0 Å². The zero-order valence-electron chi connectivity index (χ0n) is 11.9. The summed E-state index contributed by atoms with van der Waals surface area (Å²) in [5.74, 6) is 6.16. The van der Waals surface area contributed by atoms with Gasteiger partial charge in [0.05, 0.1) is 6.04 Å². The molecule has 0 saturated heterocycles. The van der Waals surface area contributed by atoms with Crippen LogP contribution in [0, 0.1) is 41.4 Å². The third-order valence-electron chi connectivity index (χ3n) is 6.36. The molecule has 0 heterocycles. The van der Waals surface area contributed by atoms with E-state index in [4.69, 9.17) is 4.99 Å². The van der Waals surface area contributed by atoms with E-state index in [-0.39, 0.29) is 0 Å². The van der Waals surface area contributed by atoms with Gasteiger partial charge in [0.15, 0.2) is 0 Å². The number of hydrogen-bond donors (Lipinski definition) is 0. The van der Waals surface area contributed by atoms with Crippen LogP contribution in [-0.4, -0.2) is 25.0 Å². The molecule has 0 spiro atoms. The first-order valence-electron chi connectivity index (χ1n) is 7.95. The number of allylic oxidation sites excluding steroid dienone is 2. The Kier molecular flexibility index (Phi) is 2.68. The van der Waals surface area contributed by atoms with Gasteiger partial charge in [0, 0.05) is 12.5 Å². The fraction of sp³-hybridized carbons (Fsp3) is 0.765. The number of nitrogens with zero attached hydrogens (tertiary/aromatic N) is 2. The molecule has 8 atom stereocenters. The number of hydrogen-bond acceptors (Lipinski definition) is 2. The summed E-state index contributed by atoms with van der Waals surface area (Å²) in [5.41, 5.74) is 0. The third-order valence-corrected chi connectivity index (χ3v) is 6.36. The molecule has 0 N–H and O–H groups in total. The fourth-order valence-corrected chi connectivity index (χ4v) is 5.99. The van der Waals surface area contributed by atoms with Crippen LogP contribution in [0.5, 0.6) is 0 Å². The lowest BCUT2D eigenvalue weighted by Gasteiger charge is -2.39. The largest absolute Gasteiger partial charge is 0.297 e. The van der Waals surface area contributed by atoms with Crippen LogP contribution < -0.4 is 0 Å². The quantitative estimate of drug-likeness (QED) is 0.421. The zero-order valence-corrected chi connectivity index (χ0v) is 11.9. The van der Waals surface area contributed by atoms with Crippen molar-refractivity contribution in [2.75, 3.05) is 6.54 Å². The van der Waals surface area contributed by atoms with Crippen molar-refractivity contribution >= 4 is 12.4 Å². The van der Waals surface area contributed by atoms with Gasteiger partial charge in [-0.25, -0.2) is 0 Å². The van der Waals surface area contributed by atoms with Crippen molar-refractivity contribution in [1.29, 1.82) is 0 Å². The van der Waals surface area contributed by atoms with Crippen LogP contribution in [0.15, 0.2) is 22.1 Å². The summed E-state index contributed by atoms with van der Waals surface area (Å²) in [5, 5.41) is 0. The summed E-state index contributed by atoms with van der Waals surface area (Å²) < 4.78 is 0. The molecule has 19 heavy (non-hydrogen) atoms. The molecule has 4 aliphatic rings. The fourth-order valence-electron chi connectivity index (χ4n) is 5.99. The second kappa shape index (κ2) is 4.29. The highest BCUT2D eigenvalue weighted by Crippen LogP contribution is 2.67. The topological polar surface area (TPSA) is 24.7 Å². The van der Waals surface area contributed by atoms with Gasteiger partial charge >= 0.3 is 0 Å². The standard InChI is InChI=1S/C17H24N2/c1-3-18-9-14-12-8-13(17(14)19-4-2)16-11-6-5-10(7-11)15(12)16/h3-6,10-17H,7-9H2,1-2H3. The highest BCUT2D eigenvalue weighted by Gasteiger charge is 2.64. The van der Waals surface area contributed by atoms with Crippen molar-refractivity contribution in [1.82, 2.24) is 0 Å². The van der Waals surface area contributed by atoms with E-state index < -0.39 is 0 Å². The maximum absolute atomic E-state index is 4.86. The molecule has 0 aliphatic heterocycles. The maximum Gasteiger partial charge on any atom is 0.0575 e. The van der Waals surface area contributed by atoms with Crippen LogP contribution >= 0.6 is 0 Å². The highest BCUT2D eigenvalue weighted by atomic mass is 14.9. The summed E-state index contributed by atoms with van der Waals surface area (Å²) in [7, 11) is 0. The summed E-state index contributed by atoms with van der Waals surface area (Å²) in [6, 6.07) is 0.563. The predicted octanol–water partition coefficient (Wildman–Crippen LogP) is 3.24. The Morgan fingerprint density at radius 3 is 2.42 bits per heavy atom. The molecule has 3 saturated carbocycles. The molecular weight excluding hydrogens is 232 g/mol. The van der Waals surface area contributed by atoms with Crippen molar-refractivity contribution in [3.63, 3.8) is 0 Å². The third kappa shape index (κ3) is 1.49. The molecule has 0 aromatic heterocycles. The molecular formula is C17H24N2. The number of fused-ring (bicyclic) bond motifs is 9. The lowest BCUT2D eigenvalue weighted by atomic mass is 9.67. The minimum atomic E-state index is 0.563. The zero-order chi connectivity index (χ0) is 13.0. The first kappa shape index (κ1) is 11.9. The van der Waals surface area contributed by atoms with Gasteiger partial charge in [0.1, 0.15) is 0 Å². The monoisotopic (exact) mass is 256 g/mol. The van der Waals surface area contributed by atoms with Crippen LogP contribution in [0.2, 0.25) is 0 Å². The smallest absolute Gasteiger partial charge is 0.0575 e. The minimum absolute atomic E-state index is 0.563. The Morgan fingerprint density at radius 2 is 1.74 bits per heavy atom. The Hall–Kier alpha value is -0.920. The molecule has 4 bridgehead atoms. The van der Waals surface area contributed by atoms with Gasteiger partial charge in [0.25, 0.3) is 0 Å². The van der Waals surface area contributed by atoms with Crippen molar-refractivity contribution < 1.29 is 0 Å². The van der Waals surface area contributed by atoms with Crippen molar-refractivity contribution in [3.05, 3.63) is 12.2 Å². The Morgan fingerprint density at radius 1 is 1.00 bits per heavy atom. The second-order valence-electron chi connectivity index (χ2n) is 6.85. The molecule has 8 unspecified atom stereocenters. The number of aliphatic imine (C=N–C) groups is 2. The molecule has 2 heteroatoms. The van der Waals surface area contributed by atoms with Crippen LogP contribution in [0.25, 0.3) is 0 Å². The first-order valence-corrected chi connectivity index (χ1v) is 7.95. The summed E-state index contributed by atoms with van der Waals surface area (Å²) in [6.07, 6.45) is 11.9. The van der Waals surface area contributed by atoms with Crippen molar-refractivity contribution in [2.24, 2.45) is 51.4 Å². The highest BCUT2D eigenvalue weighted by molar-refractivity contribution is 5.54. The summed E-state index contributed by atoms with van der Waals surface area (Å²) in [6.45, 7) is 5.11. The minimum Gasteiger partial charge on any atom is -0.297 e. The lowest BCUT2D eigenvalue weighted by molar-refractivity contribution is 0.133. The van der Waals surface area contributed by atoms with Crippen molar-refractivity contribution in [3.8, 4) is 0 Å². The van der Waals surface area contributed by atoms with Gasteiger partial charge in [-0.05, 0) is 74.6 Å². The molecule has 0 amide bonds. The van der Waals surface area contributed by atoms with E-state index in [0.29, 0.717) is 12.0 Å². The van der Waals surface area contributed by atoms with Gasteiger partial charge < -0.3 is 0 Å². The van der Waals surface area contributed by atoms with E-state index in [2.05, 4.69) is 24.1 Å². The average Bonchev–Trinajstić information content (AvgIpc) is 3.14. The van der Waals surface area contributed by atoms with E-state index in [9.17, 15) is 0 Å². The summed E-state index contributed by atoms with van der Waals surface area (Å²) >= 11 is 0. The molecule has 3 fully saturated rings. The first-order chi connectivity index (χ1) is 9.35. The maximum atomic E-state index is 4.86. The van der Waals surface area contributed by atoms with Crippen LogP contribution in [0.1, 0.15) is 26.7 Å². The molecule has 2 nitrogen and oxygen atoms in total. The number of rotatable bonds is 3. The Balaban J connectivity index is 1.65. The average molecular weight is 256 g/mol. The van der Waals surface area contributed by atoms with Gasteiger partial charge in [-0.15, -0.1) is 0 Å². The molecule has 102 valence electrons. The Bertz CT molecular complexity index is 450. The van der Waals surface area contributed by atoms with Gasteiger partial charge in [-0.2, -0.15) is 0 Å². The van der Waals surface area contributed by atoms with Crippen LogP contribution in [0.4, 0.5) is 0 Å². The van der Waals surface area contributed by atoms with Crippen molar-refractivity contribution in [2.45, 2.75) is 32.7 Å². The molecule has 0 aromatic carbocycles. The summed E-state index contributed by atoms with van der Waals surface area (Å²) in [4.78, 5) is 9.43. The lowest BCUT2D eigenvalue weighted by Crippen LogP contribution is -2.40. The Labute approximate surface area is 116 Å². The van der Waals surface area contributed by atoms with E-state index >= 15 is 0 Å². The van der Waals surface area contributed by atoms with Gasteiger partial charge in [0.2, 0.25) is 0 Å². The van der Waals surface area contributed by atoms with E-state index in [0.717, 1.165) is 42.1 Å². The predicted molar refractivity (Wildman–Crippen MR) is 79.8 cm³/mol. The van der Waals surface area contributed by atoms with Gasteiger partial charge in [-0.1, -0.05) is 12.2 Å². The van der Waals surface area contributed by atoms with Gasteiger partial charge in [-0.3, -0.25) is 9.98 Å². The van der Waals surface area contributed by atoms with E-state index in [1.54, 1.807) is 0 Å². The SMILES string of the molecule is CC=NCC1C2CC(C1N=CC)C1C3C=CC(C3)C21. The molecule has 4 aliphatic carbocycles. The normalized spacial score (nSPS) is 54.0. The van der Waals surface area contributed by atoms with E-state index in [1.807, 2.05) is 19.4 Å². The molecule has 0 radical (unpaired) electrons. The second-order valence-corrected chi connectivity index (χ2v) is 6.85. The van der Waals surface area contributed by atoms with Crippen LogP contribution in [-0.2, 0) is 0 Å². The van der Waals surface area contributed by atoms with E-state index in [1.165, 1.54) is 12.8 Å². The molecule has 4 rings (SSSR count).